The van der Waals surface area contributed by atoms with E-state index >= 15 is 0 Å². The molecule has 0 bridgehead atoms. The Bertz CT molecular complexity index is 362. The first kappa shape index (κ1) is 13.3. The number of aryl methyl sites for hydroxylation is 1. The Morgan fingerprint density at radius 1 is 1.44 bits per heavy atom. The maximum absolute atomic E-state index is 5.12. The van der Waals surface area contributed by atoms with Crippen molar-refractivity contribution in [1.82, 2.24) is 9.88 Å². The van der Waals surface area contributed by atoms with Gasteiger partial charge in [0.2, 0.25) is 0 Å². The number of ether oxygens (including phenoxy) is 1. The average Bonchev–Trinajstić information content (AvgIpc) is 2.38. The number of rotatable bonds is 5. The molecule has 2 rings (SSSR count). The largest absolute Gasteiger partial charge is 0.383 e. The fraction of sp³-hybridized carbons (Fsp3) is 0.643. The Morgan fingerprint density at radius 3 is 2.89 bits per heavy atom. The molecular weight excluding hydrogens is 226 g/mol. The fourth-order valence-electron chi connectivity index (χ4n) is 2.39. The van der Waals surface area contributed by atoms with Gasteiger partial charge < -0.3 is 15.0 Å². The normalized spacial score (nSPS) is 17.9. The molecule has 2 heterocycles. The van der Waals surface area contributed by atoms with Crippen LogP contribution in [0.25, 0.3) is 0 Å². The van der Waals surface area contributed by atoms with Gasteiger partial charge in [-0.2, -0.15) is 0 Å². The van der Waals surface area contributed by atoms with Gasteiger partial charge in [0.25, 0.3) is 0 Å². The zero-order valence-corrected chi connectivity index (χ0v) is 11.4. The van der Waals surface area contributed by atoms with Crippen LogP contribution in [0.5, 0.6) is 0 Å². The first-order valence-corrected chi connectivity index (χ1v) is 6.68. The lowest BCUT2D eigenvalue weighted by atomic mass is 10.0. The second kappa shape index (κ2) is 6.71. The molecule has 0 spiro atoms. The van der Waals surface area contributed by atoms with Gasteiger partial charge in [-0.15, -0.1) is 0 Å². The molecule has 18 heavy (non-hydrogen) atoms. The minimum Gasteiger partial charge on any atom is -0.383 e. The Hall–Kier alpha value is -1.13. The maximum Gasteiger partial charge on any atom is 0.0589 e. The number of pyridine rings is 1. The van der Waals surface area contributed by atoms with Crippen LogP contribution in [-0.2, 0) is 4.74 Å². The average molecular weight is 249 g/mol. The number of nitrogens with one attached hydrogen (secondary N) is 1. The highest BCUT2D eigenvalue weighted by Crippen LogP contribution is 2.16. The molecule has 0 amide bonds. The second-order valence-electron chi connectivity index (χ2n) is 4.94. The topological polar surface area (TPSA) is 37.4 Å². The molecule has 1 saturated heterocycles. The van der Waals surface area contributed by atoms with E-state index in [1.54, 1.807) is 7.11 Å². The van der Waals surface area contributed by atoms with Gasteiger partial charge in [-0.05, 0) is 31.9 Å². The summed E-state index contributed by atoms with van der Waals surface area (Å²) in [5.41, 5.74) is 2.26. The predicted octanol–water partition coefficient (Wildman–Crippen LogP) is 1.91. The van der Waals surface area contributed by atoms with Gasteiger partial charge in [-0.25, -0.2) is 0 Å². The van der Waals surface area contributed by atoms with Crippen molar-refractivity contribution in [1.29, 1.82) is 0 Å². The van der Waals surface area contributed by atoms with Crippen molar-refractivity contribution in [2.45, 2.75) is 25.8 Å². The van der Waals surface area contributed by atoms with Gasteiger partial charge in [0, 0.05) is 50.4 Å². The number of nitrogens with zero attached hydrogens (tertiary/aromatic N) is 2. The summed E-state index contributed by atoms with van der Waals surface area (Å²) in [6.45, 7) is 6.23. The van der Waals surface area contributed by atoms with Crippen LogP contribution in [0.3, 0.4) is 0 Å². The summed E-state index contributed by atoms with van der Waals surface area (Å²) in [5, 5.41) is 3.60. The van der Waals surface area contributed by atoms with Crippen molar-refractivity contribution in [2.24, 2.45) is 0 Å². The number of hydrogen-bond donors (Lipinski definition) is 1. The molecule has 1 N–H and O–H groups in total. The molecule has 1 aromatic heterocycles. The van der Waals surface area contributed by atoms with E-state index in [-0.39, 0.29) is 0 Å². The summed E-state index contributed by atoms with van der Waals surface area (Å²) in [6, 6.07) is 4.74. The smallest absolute Gasteiger partial charge is 0.0589 e. The molecule has 4 heteroatoms. The predicted molar refractivity (Wildman–Crippen MR) is 73.9 cm³/mol. The molecule has 4 nitrogen and oxygen atoms in total. The maximum atomic E-state index is 5.12. The summed E-state index contributed by atoms with van der Waals surface area (Å²) in [7, 11) is 1.76. The van der Waals surface area contributed by atoms with Crippen LogP contribution in [0.2, 0.25) is 0 Å². The van der Waals surface area contributed by atoms with Gasteiger partial charge in [-0.1, -0.05) is 0 Å². The van der Waals surface area contributed by atoms with Crippen molar-refractivity contribution >= 4 is 5.69 Å². The first-order chi connectivity index (χ1) is 8.78. The van der Waals surface area contributed by atoms with Gasteiger partial charge in [0.1, 0.15) is 0 Å². The summed E-state index contributed by atoms with van der Waals surface area (Å²) < 4.78 is 5.12. The van der Waals surface area contributed by atoms with Gasteiger partial charge in [-0.3, -0.25) is 4.98 Å². The summed E-state index contributed by atoms with van der Waals surface area (Å²) in [6.07, 6.45) is 4.27. The van der Waals surface area contributed by atoms with Crippen molar-refractivity contribution in [3.8, 4) is 0 Å². The van der Waals surface area contributed by atoms with E-state index in [0.29, 0.717) is 6.04 Å². The van der Waals surface area contributed by atoms with Crippen molar-refractivity contribution < 1.29 is 4.74 Å². The SMILES string of the molecule is COCCN1CCC(Nc2ccnc(C)c2)CC1. The molecule has 100 valence electrons. The molecular formula is C14H23N3O. The van der Waals surface area contributed by atoms with Gasteiger partial charge >= 0.3 is 0 Å². The highest BCUT2D eigenvalue weighted by Gasteiger charge is 2.18. The number of anilines is 1. The molecule has 0 aliphatic carbocycles. The lowest BCUT2D eigenvalue weighted by Gasteiger charge is -2.32. The van der Waals surface area contributed by atoms with Crippen LogP contribution in [-0.4, -0.2) is 49.3 Å². The third kappa shape index (κ3) is 3.96. The minimum absolute atomic E-state index is 0.589. The van der Waals surface area contributed by atoms with E-state index in [2.05, 4.69) is 21.3 Å². The molecule has 1 aliphatic heterocycles. The van der Waals surface area contributed by atoms with E-state index in [0.717, 1.165) is 31.9 Å². The van der Waals surface area contributed by atoms with E-state index in [9.17, 15) is 0 Å². The number of likely N-dealkylation sites (tertiary alicyclic amines) is 1. The third-order valence-electron chi connectivity index (χ3n) is 3.47. The number of piperidine rings is 1. The molecule has 1 aliphatic rings. The summed E-state index contributed by atoms with van der Waals surface area (Å²) in [5.74, 6) is 0. The van der Waals surface area contributed by atoms with E-state index in [1.807, 2.05) is 19.2 Å². The van der Waals surface area contributed by atoms with E-state index < -0.39 is 0 Å². The quantitative estimate of drug-likeness (QED) is 0.865. The van der Waals surface area contributed by atoms with Gasteiger partial charge in [0.15, 0.2) is 0 Å². The Morgan fingerprint density at radius 2 is 2.22 bits per heavy atom. The number of methoxy groups -OCH3 is 1. The monoisotopic (exact) mass is 249 g/mol. The Kier molecular flexibility index (Phi) is 4.96. The standard InChI is InChI=1S/C14H23N3O/c1-12-11-14(3-6-15-12)16-13-4-7-17(8-5-13)9-10-18-2/h3,6,11,13H,4-5,7-10H2,1-2H3,(H,15,16). The number of hydrogen-bond acceptors (Lipinski definition) is 4. The van der Waals surface area contributed by atoms with Crippen molar-refractivity contribution in [3.63, 3.8) is 0 Å². The molecule has 0 atom stereocenters. The first-order valence-electron chi connectivity index (χ1n) is 6.68. The van der Waals surface area contributed by atoms with E-state index in [1.165, 1.54) is 18.5 Å². The number of aromatic nitrogens is 1. The molecule has 1 fully saturated rings. The third-order valence-corrected chi connectivity index (χ3v) is 3.47. The van der Waals surface area contributed by atoms with Crippen molar-refractivity contribution in [3.05, 3.63) is 24.0 Å². The fourth-order valence-corrected chi connectivity index (χ4v) is 2.39. The zero-order chi connectivity index (χ0) is 12.8. The Balaban J connectivity index is 1.76. The molecule has 0 aromatic carbocycles. The molecule has 1 aromatic rings. The molecule has 0 radical (unpaired) electrons. The highest BCUT2D eigenvalue weighted by molar-refractivity contribution is 5.43. The van der Waals surface area contributed by atoms with E-state index in [4.69, 9.17) is 4.74 Å². The lowest BCUT2D eigenvalue weighted by molar-refractivity contribution is 0.132. The van der Waals surface area contributed by atoms with Crippen LogP contribution in [0, 0.1) is 6.92 Å². The summed E-state index contributed by atoms with van der Waals surface area (Å²) >= 11 is 0. The second-order valence-corrected chi connectivity index (χ2v) is 4.94. The summed E-state index contributed by atoms with van der Waals surface area (Å²) in [4.78, 5) is 6.69. The molecule has 0 unspecified atom stereocenters. The Labute approximate surface area is 109 Å². The molecule has 0 saturated carbocycles. The van der Waals surface area contributed by atoms with Crippen LogP contribution >= 0.6 is 0 Å². The van der Waals surface area contributed by atoms with Crippen LogP contribution < -0.4 is 5.32 Å². The zero-order valence-electron chi connectivity index (χ0n) is 11.4. The van der Waals surface area contributed by atoms with Crippen LogP contribution in [0.15, 0.2) is 18.3 Å². The van der Waals surface area contributed by atoms with Crippen LogP contribution in [0.4, 0.5) is 5.69 Å². The van der Waals surface area contributed by atoms with Crippen LogP contribution in [0.1, 0.15) is 18.5 Å². The minimum atomic E-state index is 0.589. The lowest BCUT2D eigenvalue weighted by Crippen LogP contribution is -2.40. The van der Waals surface area contributed by atoms with Crippen molar-refractivity contribution in [2.75, 3.05) is 38.7 Å². The van der Waals surface area contributed by atoms with Gasteiger partial charge in [0.05, 0.1) is 6.61 Å². The highest BCUT2D eigenvalue weighted by atomic mass is 16.5.